The molecule has 0 aliphatic carbocycles. The van der Waals surface area contributed by atoms with Gasteiger partial charge in [-0.25, -0.2) is 4.79 Å². The topological polar surface area (TPSA) is 68.4 Å². The second-order valence-corrected chi connectivity index (χ2v) is 9.72. The molecule has 3 rings (SSSR count). The van der Waals surface area contributed by atoms with Gasteiger partial charge in [-0.15, -0.1) is 0 Å². The zero-order valence-corrected chi connectivity index (χ0v) is 21.4. The van der Waals surface area contributed by atoms with Crippen LogP contribution in [-0.2, 0) is 0 Å². The monoisotopic (exact) mass is 467 g/mol. The normalized spacial score (nSPS) is 21.0. The van der Waals surface area contributed by atoms with Crippen molar-refractivity contribution in [3.8, 4) is 0 Å². The van der Waals surface area contributed by atoms with E-state index in [0.29, 0.717) is 6.04 Å². The van der Waals surface area contributed by atoms with Gasteiger partial charge in [0.15, 0.2) is 0 Å². The van der Waals surface area contributed by atoms with Gasteiger partial charge >= 0.3 is 6.03 Å². The van der Waals surface area contributed by atoms with Gasteiger partial charge in [-0.2, -0.15) is 0 Å². The van der Waals surface area contributed by atoms with E-state index in [0.717, 1.165) is 30.5 Å². The van der Waals surface area contributed by atoms with Crippen LogP contribution in [0.4, 0.5) is 10.5 Å². The van der Waals surface area contributed by atoms with Gasteiger partial charge in [-0.05, 0) is 49.7 Å². The maximum absolute atomic E-state index is 12.9. The van der Waals surface area contributed by atoms with Gasteiger partial charge in [-0.1, -0.05) is 88.6 Å². The smallest absolute Gasteiger partial charge is 0.309 e. The lowest BCUT2D eigenvalue weighted by molar-refractivity contribution is 0.0340. The van der Waals surface area contributed by atoms with Gasteiger partial charge < -0.3 is 16.0 Å². The molecule has 4 N–H and O–H groups in total. The summed E-state index contributed by atoms with van der Waals surface area (Å²) in [5.74, 6) is 0. The molecule has 188 valence electrons. The van der Waals surface area contributed by atoms with Crippen molar-refractivity contribution < 1.29 is 4.79 Å². The third-order valence-corrected chi connectivity index (χ3v) is 6.98. The van der Waals surface area contributed by atoms with Crippen LogP contribution in [0.1, 0.15) is 78.1 Å². The number of benzene rings is 2. The van der Waals surface area contributed by atoms with Gasteiger partial charge in [0.05, 0.1) is 6.17 Å². The summed E-state index contributed by atoms with van der Waals surface area (Å²) < 4.78 is 0. The molecule has 6 heteroatoms. The molecule has 6 nitrogen and oxygen atoms in total. The Morgan fingerprint density at radius 2 is 1.65 bits per heavy atom. The van der Waals surface area contributed by atoms with Crippen LogP contribution in [0.15, 0.2) is 42.5 Å². The second kappa shape index (κ2) is 14.3. The highest BCUT2D eigenvalue weighted by Gasteiger charge is 2.32. The molecule has 1 fully saturated rings. The zero-order chi connectivity index (χ0) is 24.2. The quantitative estimate of drug-likeness (QED) is 0.273. The van der Waals surface area contributed by atoms with Crippen LogP contribution in [0, 0.1) is 0 Å². The number of nitrogens with zero attached hydrogens (tertiary/aromatic N) is 1. The highest BCUT2D eigenvalue weighted by atomic mass is 16.2. The van der Waals surface area contributed by atoms with Crippen LogP contribution in [0.5, 0.6) is 0 Å². The summed E-state index contributed by atoms with van der Waals surface area (Å²) in [5.41, 5.74) is 0.802. The summed E-state index contributed by atoms with van der Waals surface area (Å²) in [4.78, 5) is 15.3. The summed E-state index contributed by atoms with van der Waals surface area (Å²) in [7, 11) is 1.97. The summed E-state index contributed by atoms with van der Waals surface area (Å²) in [6, 6.07) is 14.4. The van der Waals surface area contributed by atoms with Gasteiger partial charge in [0.2, 0.25) is 0 Å². The number of amides is 2. The molecule has 2 aromatic carbocycles. The zero-order valence-electron chi connectivity index (χ0n) is 21.4. The van der Waals surface area contributed by atoms with E-state index in [-0.39, 0.29) is 18.5 Å². The van der Waals surface area contributed by atoms with Crippen LogP contribution < -0.4 is 21.3 Å². The second-order valence-electron chi connectivity index (χ2n) is 9.72. The molecule has 0 aromatic heterocycles. The number of fused-ring (bicyclic) bond motifs is 1. The third-order valence-electron chi connectivity index (χ3n) is 6.98. The molecule has 0 saturated carbocycles. The van der Waals surface area contributed by atoms with Crippen molar-refractivity contribution in [3.63, 3.8) is 0 Å². The van der Waals surface area contributed by atoms with Crippen LogP contribution in [0.2, 0.25) is 0 Å². The lowest BCUT2D eigenvalue weighted by atomic mass is 10.1. The first kappa shape index (κ1) is 26.5. The van der Waals surface area contributed by atoms with E-state index in [4.69, 9.17) is 0 Å². The van der Waals surface area contributed by atoms with E-state index in [1.165, 1.54) is 56.8 Å². The molecular formula is C28H45N5O. The molecular weight excluding hydrogens is 422 g/mol. The number of nitrogens with one attached hydrogen (secondary N) is 4. The first-order valence-corrected chi connectivity index (χ1v) is 13.4. The highest BCUT2D eigenvalue weighted by Crippen LogP contribution is 2.20. The molecule has 2 aromatic rings. The molecule has 34 heavy (non-hydrogen) atoms. The highest BCUT2D eigenvalue weighted by molar-refractivity contribution is 5.93. The lowest BCUT2D eigenvalue weighted by Gasteiger charge is -2.44. The van der Waals surface area contributed by atoms with Crippen molar-refractivity contribution in [2.45, 2.75) is 96.6 Å². The standard InChI is InChI=1S/C28H45N5O/c1-4-5-6-7-8-9-10-11-14-19-33-22(2)20-26(29-3)31-27(33)32-28(34)30-25-18-17-23-15-12-13-16-24(23)21-25/h12-13,15-18,21-22,26-27,29,31H,4-11,14,19-20H2,1-3H3,(H2,30,32,34). The molecule has 0 spiro atoms. The molecule has 1 aliphatic rings. The minimum Gasteiger partial charge on any atom is -0.309 e. The molecule has 0 radical (unpaired) electrons. The van der Waals surface area contributed by atoms with Crippen molar-refractivity contribution in [2.24, 2.45) is 0 Å². The first-order chi connectivity index (χ1) is 16.6. The third kappa shape index (κ3) is 8.26. The molecule has 2 amide bonds. The van der Waals surface area contributed by atoms with Crippen LogP contribution in [0.25, 0.3) is 10.8 Å². The number of carbonyl (C=O) groups excluding carboxylic acids is 1. The number of unbranched alkanes of at least 4 members (excludes halogenated alkanes) is 8. The van der Waals surface area contributed by atoms with Crippen molar-refractivity contribution in [1.29, 1.82) is 0 Å². The SMILES string of the molecule is CCCCCCCCCCCN1C(C)CC(NC)NC1NC(=O)Nc1ccc2ccccc2c1. The van der Waals surface area contributed by atoms with Crippen molar-refractivity contribution in [2.75, 3.05) is 18.9 Å². The fraction of sp³-hybridized carbons (Fsp3) is 0.607. The van der Waals surface area contributed by atoms with Crippen LogP contribution in [-0.4, -0.2) is 43.0 Å². The number of urea groups is 1. The average molecular weight is 468 g/mol. The molecule has 3 atom stereocenters. The molecule has 1 heterocycles. The molecule has 1 aliphatic heterocycles. The van der Waals surface area contributed by atoms with Gasteiger partial charge in [0, 0.05) is 18.3 Å². The Hall–Kier alpha value is -2.15. The number of carbonyl (C=O) groups is 1. The number of anilines is 1. The summed E-state index contributed by atoms with van der Waals surface area (Å²) in [6.07, 6.45) is 12.9. The van der Waals surface area contributed by atoms with Gasteiger partial charge in [0.25, 0.3) is 0 Å². The number of hydrogen-bond donors (Lipinski definition) is 4. The maximum Gasteiger partial charge on any atom is 0.321 e. The van der Waals surface area contributed by atoms with Gasteiger partial charge in [0.1, 0.15) is 6.29 Å². The van der Waals surface area contributed by atoms with E-state index >= 15 is 0 Å². The Kier molecular flexibility index (Phi) is 11.1. The molecule has 1 saturated heterocycles. The van der Waals surface area contributed by atoms with Crippen molar-refractivity contribution in [3.05, 3.63) is 42.5 Å². The van der Waals surface area contributed by atoms with Crippen LogP contribution in [0.3, 0.4) is 0 Å². The summed E-state index contributed by atoms with van der Waals surface area (Å²) in [6.45, 7) is 5.51. The minimum atomic E-state index is -0.198. The summed E-state index contributed by atoms with van der Waals surface area (Å²) in [5, 5.41) is 15.3. The Labute approximate surface area is 206 Å². The minimum absolute atomic E-state index is 0.181. The molecule has 3 unspecified atom stereocenters. The predicted molar refractivity (Wildman–Crippen MR) is 144 cm³/mol. The maximum atomic E-state index is 12.9. The Morgan fingerprint density at radius 1 is 0.971 bits per heavy atom. The van der Waals surface area contributed by atoms with Gasteiger partial charge in [-0.3, -0.25) is 10.2 Å². The van der Waals surface area contributed by atoms with Crippen molar-refractivity contribution >= 4 is 22.5 Å². The Balaban J connectivity index is 1.48. The van der Waals surface area contributed by atoms with Crippen molar-refractivity contribution in [1.82, 2.24) is 20.9 Å². The van der Waals surface area contributed by atoms with Crippen LogP contribution >= 0.6 is 0 Å². The summed E-state index contributed by atoms with van der Waals surface area (Å²) >= 11 is 0. The fourth-order valence-electron chi connectivity index (χ4n) is 4.92. The fourth-order valence-corrected chi connectivity index (χ4v) is 4.92. The van der Waals surface area contributed by atoms with E-state index < -0.39 is 0 Å². The Morgan fingerprint density at radius 3 is 2.35 bits per heavy atom. The average Bonchev–Trinajstić information content (AvgIpc) is 2.84. The number of hydrogen-bond acceptors (Lipinski definition) is 4. The molecule has 0 bridgehead atoms. The predicted octanol–water partition coefficient (Wildman–Crippen LogP) is 6.01. The van der Waals surface area contributed by atoms with E-state index in [1.54, 1.807) is 0 Å². The van der Waals surface area contributed by atoms with E-state index in [2.05, 4.69) is 52.1 Å². The Bertz CT molecular complexity index is 873. The van der Waals surface area contributed by atoms with E-state index in [1.807, 2.05) is 37.4 Å². The largest absolute Gasteiger partial charge is 0.321 e. The lowest BCUT2D eigenvalue weighted by Crippen LogP contribution is -2.68. The van der Waals surface area contributed by atoms with E-state index in [9.17, 15) is 4.79 Å². The first-order valence-electron chi connectivity index (χ1n) is 13.4. The number of rotatable bonds is 13.